The summed E-state index contributed by atoms with van der Waals surface area (Å²) in [5.74, 6) is 0. The summed E-state index contributed by atoms with van der Waals surface area (Å²) >= 11 is 0. The van der Waals surface area contributed by atoms with Crippen LogP contribution < -0.4 is 0 Å². The quantitative estimate of drug-likeness (QED) is 0.170. The Morgan fingerprint density at radius 2 is 0.769 bits per heavy atom. The lowest BCUT2D eigenvalue weighted by Crippen LogP contribution is -1.91. The van der Waals surface area contributed by atoms with Gasteiger partial charge >= 0.3 is 0 Å². The Labute approximate surface area is 299 Å². The number of fused-ring (bicyclic) bond motifs is 5. The highest BCUT2D eigenvalue weighted by atomic mass is 14.8. The molecule has 0 spiro atoms. The molecule has 0 atom stereocenters. The smallest absolute Gasteiger partial charge is 0.116 e. The molecule has 0 saturated carbocycles. The molecule has 6 nitrogen and oxygen atoms in total. The molecule has 0 aliphatic carbocycles. The number of rotatable bonds is 5. The van der Waals surface area contributed by atoms with Gasteiger partial charge in [0.05, 0.1) is 50.5 Å². The van der Waals surface area contributed by atoms with Crippen LogP contribution in [0.3, 0.4) is 0 Å². The van der Waals surface area contributed by atoms with Crippen molar-refractivity contribution < 1.29 is 0 Å². The van der Waals surface area contributed by atoms with Crippen molar-refractivity contribution in [2.24, 2.45) is 0 Å². The highest BCUT2D eigenvalue weighted by molar-refractivity contribution is 6.04. The normalized spacial score (nSPS) is 11.5. The number of nitrogens with zero attached hydrogens (tertiary/aromatic N) is 6. The zero-order chi connectivity index (χ0) is 34.4. The van der Waals surface area contributed by atoms with E-state index in [2.05, 4.69) is 137 Å². The van der Waals surface area contributed by atoms with E-state index in [0.717, 1.165) is 99.9 Å². The lowest BCUT2D eigenvalue weighted by atomic mass is 10.0. The van der Waals surface area contributed by atoms with E-state index >= 15 is 0 Å². The topological polar surface area (TPSA) is 77.3 Å². The average molecular weight is 665 g/mol. The third-order valence-corrected chi connectivity index (χ3v) is 9.62. The predicted molar refractivity (Wildman–Crippen MR) is 210 cm³/mol. The average Bonchev–Trinajstić information content (AvgIpc) is 3.23. The molecular weight excluding hydrogens is 637 g/mol. The van der Waals surface area contributed by atoms with Crippen LogP contribution in [0.25, 0.3) is 99.9 Å². The Balaban J connectivity index is 0.926. The van der Waals surface area contributed by atoms with Gasteiger partial charge in [0.2, 0.25) is 0 Å². The van der Waals surface area contributed by atoms with E-state index < -0.39 is 0 Å². The molecular formula is C46H28N6. The second-order valence-corrected chi connectivity index (χ2v) is 12.8. The first kappa shape index (κ1) is 29.7. The van der Waals surface area contributed by atoms with Crippen LogP contribution in [0.4, 0.5) is 0 Å². The standard InChI is InChI=1S/C46H28N6/c1-2-4-29(5-3-1)39-18-12-32-10-11-33-13-19-40(52-46(33)45(32)51-39)31-8-6-30(7-9-31)38-22-16-36-26-34(14-20-41(36)49-38)35-15-21-42-37(27-35)17-23-44(50-42)43-24-25-47-28-48-43/h1-28H. The predicted octanol–water partition coefficient (Wildman–Crippen LogP) is 11.0. The van der Waals surface area contributed by atoms with Crippen LogP contribution in [0.2, 0.25) is 0 Å². The Hall–Kier alpha value is -7.18. The maximum Gasteiger partial charge on any atom is 0.116 e. The molecule has 0 N–H and O–H groups in total. The summed E-state index contributed by atoms with van der Waals surface area (Å²) in [6.07, 6.45) is 3.28. The van der Waals surface area contributed by atoms with E-state index in [1.807, 2.05) is 30.3 Å². The highest BCUT2D eigenvalue weighted by Crippen LogP contribution is 2.32. The van der Waals surface area contributed by atoms with E-state index in [0.29, 0.717) is 0 Å². The summed E-state index contributed by atoms with van der Waals surface area (Å²) in [7, 11) is 0. The minimum Gasteiger partial charge on any atom is -0.248 e. The molecule has 0 radical (unpaired) electrons. The summed E-state index contributed by atoms with van der Waals surface area (Å²) in [6.45, 7) is 0. The van der Waals surface area contributed by atoms with Crippen LogP contribution >= 0.6 is 0 Å². The number of hydrogen-bond acceptors (Lipinski definition) is 6. The van der Waals surface area contributed by atoms with Gasteiger partial charge in [-0.3, -0.25) is 0 Å². The molecule has 10 rings (SSSR count). The molecule has 0 saturated heterocycles. The van der Waals surface area contributed by atoms with Crippen LogP contribution in [0, 0.1) is 0 Å². The van der Waals surface area contributed by atoms with Gasteiger partial charge in [0.25, 0.3) is 0 Å². The maximum atomic E-state index is 5.13. The molecule has 0 aliphatic rings. The molecule has 0 bridgehead atoms. The lowest BCUT2D eigenvalue weighted by Gasteiger charge is -2.09. The lowest BCUT2D eigenvalue weighted by molar-refractivity contribution is 1.16. The Morgan fingerprint density at radius 1 is 0.308 bits per heavy atom. The number of pyridine rings is 4. The molecule has 0 amide bonds. The van der Waals surface area contributed by atoms with Crippen LogP contribution in [0.15, 0.2) is 170 Å². The number of hydrogen-bond donors (Lipinski definition) is 0. The van der Waals surface area contributed by atoms with E-state index in [4.69, 9.17) is 19.9 Å². The van der Waals surface area contributed by atoms with Crippen molar-refractivity contribution in [1.82, 2.24) is 29.9 Å². The van der Waals surface area contributed by atoms with Gasteiger partial charge < -0.3 is 0 Å². The van der Waals surface area contributed by atoms with Gasteiger partial charge in [-0.2, -0.15) is 0 Å². The molecule has 5 heterocycles. The van der Waals surface area contributed by atoms with Crippen molar-refractivity contribution in [2.75, 3.05) is 0 Å². The minimum absolute atomic E-state index is 0.810. The van der Waals surface area contributed by atoms with Gasteiger partial charge in [-0.05, 0) is 65.7 Å². The summed E-state index contributed by atoms with van der Waals surface area (Å²) in [5, 5.41) is 4.31. The van der Waals surface area contributed by atoms with Gasteiger partial charge in [-0.15, -0.1) is 0 Å². The zero-order valence-electron chi connectivity index (χ0n) is 27.8. The van der Waals surface area contributed by atoms with E-state index in [9.17, 15) is 0 Å². The van der Waals surface area contributed by atoms with Crippen molar-refractivity contribution in [1.29, 1.82) is 0 Å². The molecule has 0 unspecified atom stereocenters. The van der Waals surface area contributed by atoms with Crippen LogP contribution in [0.5, 0.6) is 0 Å². The zero-order valence-corrected chi connectivity index (χ0v) is 27.8. The molecule has 242 valence electrons. The molecule has 52 heavy (non-hydrogen) atoms. The summed E-state index contributed by atoms with van der Waals surface area (Å²) < 4.78 is 0. The first-order chi connectivity index (χ1) is 25.7. The van der Waals surface area contributed by atoms with Crippen LogP contribution in [0.1, 0.15) is 0 Å². The molecule has 5 aromatic heterocycles. The molecule has 0 aliphatic heterocycles. The Kier molecular flexibility index (Phi) is 7.03. The first-order valence-corrected chi connectivity index (χ1v) is 17.2. The van der Waals surface area contributed by atoms with E-state index in [1.165, 1.54) is 0 Å². The number of benzene rings is 5. The van der Waals surface area contributed by atoms with Crippen molar-refractivity contribution in [2.45, 2.75) is 0 Å². The van der Waals surface area contributed by atoms with Gasteiger partial charge in [0.1, 0.15) is 6.33 Å². The fourth-order valence-corrected chi connectivity index (χ4v) is 6.87. The van der Waals surface area contributed by atoms with Gasteiger partial charge in [-0.25, -0.2) is 29.9 Å². The summed E-state index contributed by atoms with van der Waals surface area (Å²) in [6, 6.07) is 54.5. The fraction of sp³-hybridized carbons (Fsp3) is 0. The minimum atomic E-state index is 0.810. The van der Waals surface area contributed by atoms with Crippen molar-refractivity contribution >= 4 is 43.6 Å². The van der Waals surface area contributed by atoms with Crippen molar-refractivity contribution in [3.63, 3.8) is 0 Å². The summed E-state index contributed by atoms with van der Waals surface area (Å²) in [5.41, 5.74) is 13.6. The molecule has 5 aromatic carbocycles. The van der Waals surface area contributed by atoms with Crippen LogP contribution in [-0.4, -0.2) is 29.9 Å². The van der Waals surface area contributed by atoms with Crippen molar-refractivity contribution in [3.8, 4) is 56.3 Å². The second kappa shape index (κ2) is 12.3. The monoisotopic (exact) mass is 664 g/mol. The third kappa shape index (κ3) is 5.39. The second-order valence-electron chi connectivity index (χ2n) is 12.8. The summed E-state index contributed by atoms with van der Waals surface area (Å²) in [4.78, 5) is 28.4. The number of aromatic nitrogens is 6. The highest BCUT2D eigenvalue weighted by Gasteiger charge is 2.11. The van der Waals surface area contributed by atoms with Crippen LogP contribution in [-0.2, 0) is 0 Å². The van der Waals surface area contributed by atoms with Crippen molar-refractivity contribution in [3.05, 3.63) is 170 Å². The third-order valence-electron chi connectivity index (χ3n) is 9.62. The van der Waals surface area contributed by atoms with E-state index in [1.54, 1.807) is 12.5 Å². The fourth-order valence-electron chi connectivity index (χ4n) is 6.87. The maximum absolute atomic E-state index is 5.13. The van der Waals surface area contributed by atoms with Gasteiger partial charge in [0, 0.05) is 44.4 Å². The largest absolute Gasteiger partial charge is 0.248 e. The van der Waals surface area contributed by atoms with Gasteiger partial charge in [-0.1, -0.05) is 103 Å². The molecule has 10 aromatic rings. The SMILES string of the molecule is c1ccc(-c2ccc3ccc4ccc(-c5ccc(-c6ccc7cc(-c8ccc9nc(-c%10ccncn%10)ccc9c8)ccc7n6)cc5)nc4c3n2)cc1. The Bertz CT molecular complexity index is 2940. The molecule has 6 heteroatoms. The van der Waals surface area contributed by atoms with E-state index in [-0.39, 0.29) is 0 Å². The Morgan fingerprint density at radius 3 is 1.33 bits per heavy atom. The first-order valence-electron chi connectivity index (χ1n) is 17.2. The molecule has 0 fully saturated rings. The van der Waals surface area contributed by atoms with Gasteiger partial charge in [0.15, 0.2) is 0 Å².